The van der Waals surface area contributed by atoms with Crippen molar-refractivity contribution in [2.45, 2.75) is 6.10 Å². The molecule has 4 rings (SSSR count). The van der Waals surface area contributed by atoms with E-state index in [-0.39, 0.29) is 12.7 Å². The summed E-state index contributed by atoms with van der Waals surface area (Å²) in [6, 6.07) is 9.21. The Balaban J connectivity index is 1.33. The number of thiophene rings is 1. The van der Waals surface area contributed by atoms with Crippen LogP contribution in [0, 0.1) is 0 Å². The molecule has 0 bridgehead atoms. The first kappa shape index (κ1) is 16.4. The van der Waals surface area contributed by atoms with Gasteiger partial charge in [-0.25, -0.2) is 0 Å². The molecule has 0 aliphatic carbocycles. The Morgan fingerprint density at radius 1 is 1.16 bits per heavy atom. The minimum absolute atomic E-state index is 0.0109. The van der Waals surface area contributed by atoms with Crippen molar-refractivity contribution in [1.29, 1.82) is 0 Å². The van der Waals surface area contributed by atoms with Crippen molar-refractivity contribution in [3.63, 3.8) is 0 Å². The van der Waals surface area contributed by atoms with Crippen LogP contribution in [-0.4, -0.2) is 60.3 Å². The van der Waals surface area contributed by atoms with Gasteiger partial charge in [0.05, 0.1) is 0 Å². The molecule has 1 aromatic heterocycles. The number of amides is 1. The normalized spacial score (nSPS) is 18.4. The van der Waals surface area contributed by atoms with Crippen molar-refractivity contribution >= 4 is 17.2 Å². The Bertz CT molecular complexity index is 742. The molecule has 25 heavy (non-hydrogen) atoms. The molecular weight excluding hydrogens is 340 g/mol. The van der Waals surface area contributed by atoms with E-state index in [4.69, 9.17) is 9.47 Å². The summed E-state index contributed by atoms with van der Waals surface area (Å²) >= 11 is 1.57. The van der Waals surface area contributed by atoms with E-state index in [1.165, 1.54) is 0 Å². The van der Waals surface area contributed by atoms with Gasteiger partial charge in [0.2, 0.25) is 6.79 Å². The van der Waals surface area contributed by atoms with E-state index in [2.05, 4.69) is 4.90 Å². The minimum Gasteiger partial charge on any atom is -0.454 e. The lowest BCUT2D eigenvalue weighted by Gasteiger charge is -2.35. The number of nitrogens with zero attached hydrogens (tertiary/aromatic N) is 2. The maximum Gasteiger partial charge on any atom is 0.254 e. The molecule has 1 saturated heterocycles. The fourth-order valence-corrected chi connectivity index (χ4v) is 3.86. The zero-order valence-electron chi connectivity index (χ0n) is 13.8. The van der Waals surface area contributed by atoms with Crippen molar-refractivity contribution in [3.05, 3.63) is 46.2 Å². The van der Waals surface area contributed by atoms with Gasteiger partial charge in [0.1, 0.15) is 6.10 Å². The van der Waals surface area contributed by atoms with E-state index in [1.807, 2.05) is 22.4 Å². The largest absolute Gasteiger partial charge is 0.454 e. The van der Waals surface area contributed by atoms with Crippen LogP contribution in [0.3, 0.4) is 0 Å². The molecule has 132 valence electrons. The standard InChI is InChI=1S/C18H20N2O4S/c21-14(17-2-1-9-25-17)11-19-5-7-20(8-6-19)18(22)13-3-4-15-16(10-13)24-12-23-15/h1-4,9-10,14,21H,5-8,11-12H2. The number of hydrogen-bond donors (Lipinski definition) is 1. The third-order valence-electron chi connectivity index (χ3n) is 4.58. The molecule has 2 aliphatic rings. The lowest BCUT2D eigenvalue weighted by atomic mass is 10.1. The van der Waals surface area contributed by atoms with Gasteiger partial charge in [0.15, 0.2) is 11.5 Å². The van der Waals surface area contributed by atoms with E-state index in [0.717, 1.165) is 18.0 Å². The number of hydrogen-bond acceptors (Lipinski definition) is 6. The average Bonchev–Trinajstić information content (AvgIpc) is 3.32. The summed E-state index contributed by atoms with van der Waals surface area (Å²) in [6.07, 6.45) is -0.462. The van der Waals surface area contributed by atoms with Crippen LogP contribution in [-0.2, 0) is 0 Å². The van der Waals surface area contributed by atoms with Crippen LogP contribution in [0.15, 0.2) is 35.7 Å². The van der Waals surface area contributed by atoms with E-state index >= 15 is 0 Å². The highest BCUT2D eigenvalue weighted by atomic mass is 32.1. The maximum absolute atomic E-state index is 12.7. The predicted octanol–water partition coefficient (Wildman–Crippen LogP) is 1.97. The lowest BCUT2D eigenvalue weighted by molar-refractivity contribution is 0.0532. The number of fused-ring (bicyclic) bond motifs is 1. The molecule has 2 aliphatic heterocycles. The Morgan fingerprint density at radius 3 is 2.72 bits per heavy atom. The summed E-state index contributed by atoms with van der Waals surface area (Å²) in [6.45, 7) is 3.65. The fraction of sp³-hybridized carbons (Fsp3) is 0.389. The number of ether oxygens (including phenoxy) is 2. The summed E-state index contributed by atoms with van der Waals surface area (Å²) in [5, 5.41) is 12.2. The number of aliphatic hydroxyl groups is 1. The molecule has 1 N–H and O–H groups in total. The molecule has 0 saturated carbocycles. The molecule has 6 nitrogen and oxygen atoms in total. The highest BCUT2D eigenvalue weighted by molar-refractivity contribution is 7.10. The van der Waals surface area contributed by atoms with Crippen LogP contribution >= 0.6 is 11.3 Å². The van der Waals surface area contributed by atoms with Crippen LogP contribution in [0.25, 0.3) is 0 Å². The van der Waals surface area contributed by atoms with Gasteiger partial charge in [-0.1, -0.05) is 6.07 Å². The highest BCUT2D eigenvalue weighted by Gasteiger charge is 2.25. The topological polar surface area (TPSA) is 62.2 Å². The Kier molecular flexibility index (Phi) is 4.61. The predicted molar refractivity (Wildman–Crippen MR) is 94.2 cm³/mol. The van der Waals surface area contributed by atoms with Crippen molar-refractivity contribution in [2.75, 3.05) is 39.5 Å². The van der Waals surface area contributed by atoms with Crippen LogP contribution < -0.4 is 9.47 Å². The smallest absolute Gasteiger partial charge is 0.254 e. The summed E-state index contributed by atoms with van der Waals surface area (Å²) in [5.41, 5.74) is 0.622. The summed E-state index contributed by atoms with van der Waals surface area (Å²) in [7, 11) is 0. The number of carbonyl (C=O) groups is 1. The second-order valence-electron chi connectivity index (χ2n) is 6.19. The first-order valence-electron chi connectivity index (χ1n) is 8.33. The number of carbonyl (C=O) groups excluding carboxylic acids is 1. The first-order chi connectivity index (χ1) is 12.2. The summed E-state index contributed by atoms with van der Waals surface area (Å²) in [4.78, 5) is 17.7. The van der Waals surface area contributed by atoms with Gasteiger partial charge in [0, 0.05) is 43.2 Å². The molecule has 3 heterocycles. The molecule has 1 amide bonds. The molecule has 1 atom stereocenters. The Labute approximate surface area is 150 Å². The number of rotatable bonds is 4. The van der Waals surface area contributed by atoms with Gasteiger partial charge in [0.25, 0.3) is 5.91 Å². The monoisotopic (exact) mass is 360 g/mol. The van der Waals surface area contributed by atoms with Crippen molar-refractivity contribution in [3.8, 4) is 11.5 Å². The van der Waals surface area contributed by atoms with Gasteiger partial charge < -0.3 is 19.5 Å². The lowest BCUT2D eigenvalue weighted by Crippen LogP contribution is -2.49. The van der Waals surface area contributed by atoms with Gasteiger partial charge in [-0.05, 0) is 29.6 Å². The summed E-state index contributed by atoms with van der Waals surface area (Å²) in [5.74, 6) is 1.32. The third kappa shape index (κ3) is 3.49. The average molecular weight is 360 g/mol. The number of β-amino-alcohol motifs (C(OH)–C–C–N with tert-alkyl or cyclic N) is 1. The van der Waals surface area contributed by atoms with Crippen molar-refractivity contribution in [2.24, 2.45) is 0 Å². The molecule has 1 unspecified atom stereocenters. The van der Waals surface area contributed by atoms with Gasteiger partial charge in [-0.2, -0.15) is 0 Å². The Morgan fingerprint density at radius 2 is 1.96 bits per heavy atom. The van der Waals surface area contributed by atoms with Crippen LogP contribution in [0.5, 0.6) is 11.5 Å². The van der Waals surface area contributed by atoms with Crippen LogP contribution in [0.1, 0.15) is 21.3 Å². The van der Waals surface area contributed by atoms with E-state index in [1.54, 1.807) is 29.5 Å². The molecule has 0 spiro atoms. The van der Waals surface area contributed by atoms with Gasteiger partial charge in [-0.15, -0.1) is 11.3 Å². The zero-order valence-corrected chi connectivity index (χ0v) is 14.6. The SMILES string of the molecule is O=C(c1ccc2c(c1)OCO2)N1CCN(CC(O)c2cccs2)CC1. The van der Waals surface area contributed by atoms with Crippen molar-refractivity contribution < 1.29 is 19.4 Å². The van der Waals surface area contributed by atoms with E-state index < -0.39 is 6.10 Å². The summed E-state index contributed by atoms with van der Waals surface area (Å²) < 4.78 is 10.6. The van der Waals surface area contributed by atoms with Crippen molar-refractivity contribution in [1.82, 2.24) is 9.80 Å². The second-order valence-corrected chi connectivity index (χ2v) is 7.17. The molecule has 0 radical (unpaired) electrons. The number of piperazine rings is 1. The molecular formula is C18H20N2O4S. The minimum atomic E-state index is -0.462. The number of benzene rings is 1. The zero-order chi connectivity index (χ0) is 17.2. The maximum atomic E-state index is 12.7. The Hall–Kier alpha value is -2.09. The van der Waals surface area contributed by atoms with Crippen LogP contribution in [0.4, 0.5) is 0 Å². The van der Waals surface area contributed by atoms with Crippen LogP contribution in [0.2, 0.25) is 0 Å². The van der Waals surface area contributed by atoms with E-state index in [9.17, 15) is 9.90 Å². The van der Waals surface area contributed by atoms with E-state index in [0.29, 0.717) is 36.7 Å². The number of aliphatic hydroxyl groups excluding tert-OH is 1. The molecule has 1 aromatic carbocycles. The first-order valence-corrected chi connectivity index (χ1v) is 9.21. The van der Waals surface area contributed by atoms with Gasteiger partial charge in [-0.3, -0.25) is 9.69 Å². The fourth-order valence-electron chi connectivity index (χ4n) is 3.16. The quantitative estimate of drug-likeness (QED) is 0.903. The highest BCUT2D eigenvalue weighted by Crippen LogP contribution is 2.33. The molecule has 2 aromatic rings. The molecule has 1 fully saturated rings. The van der Waals surface area contributed by atoms with Gasteiger partial charge >= 0.3 is 0 Å². The second kappa shape index (κ2) is 7.03. The molecule has 7 heteroatoms. The third-order valence-corrected chi connectivity index (χ3v) is 5.56.